The molecule has 192 valence electrons. The van der Waals surface area contributed by atoms with Gasteiger partial charge in [0.2, 0.25) is 5.91 Å². The number of aliphatic hydroxyl groups is 1. The van der Waals surface area contributed by atoms with Gasteiger partial charge in [-0.2, -0.15) is 0 Å². The lowest BCUT2D eigenvalue weighted by atomic mass is 10.1. The van der Waals surface area contributed by atoms with Crippen LogP contribution in [0.4, 0.5) is 0 Å². The molecule has 0 heterocycles. The Morgan fingerprint density at radius 3 is 1.47 bits per heavy atom. The van der Waals surface area contributed by atoms with Crippen LogP contribution < -0.4 is 5.32 Å². The summed E-state index contributed by atoms with van der Waals surface area (Å²) in [5, 5.41) is 11.2. The van der Waals surface area contributed by atoms with E-state index in [1.54, 1.807) is 0 Å². The number of hydrogen-bond donors (Lipinski definition) is 2. The zero-order valence-electron chi connectivity index (χ0n) is 20.5. The third-order valence-electron chi connectivity index (χ3n) is 4.79. The fraction of sp³-hybridized carbons (Fsp3) is 0.958. The molecule has 0 aliphatic carbocycles. The fourth-order valence-electron chi connectivity index (χ4n) is 2.95. The third-order valence-corrected chi connectivity index (χ3v) is 4.79. The number of unbranched alkanes of at least 4 members (excludes halogenated alkanes) is 8. The first-order chi connectivity index (χ1) is 15.8. The Morgan fingerprint density at radius 1 is 0.594 bits per heavy atom. The molecule has 0 aromatic carbocycles. The monoisotopic (exact) mass is 463 g/mol. The lowest BCUT2D eigenvalue weighted by Crippen LogP contribution is -2.27. The maximum Gasteiger partial charge on any atom is 0.222 e. The predicted octanol–water partition coefficient (Wildman–Crippen LogP) is 3.10. The molecular weight excluding hydrogens is 414 g/mol. The van der Waals surface area contributed by atoms with Gasteiger partial charge in [0.1, 0.15) is 0 Å². The highest BCUT2D eigenvalue weighted by atomic mass is 16.6. The van der Waals surface area contributed by atoms with Gasteiger partial charge in [0.15, 0.2) is 0 Å². The van der Waals surface area contributed by atoms with E-state index in [1.807, 2.05) is 0 Å². The fourth-order valence-corrected chi connectivity index (χ4v) is 2.95. The summed E-state index contributed by atoms with van der Waals surface area (Å²) in [4.78, 5) is 11.3. The SMILES string of the molecule is CCCCCCCCCCCOCCOCCOCCOCCOCCC(=O)NCCO. The largest absolute Gasteiger partial charge is 0.395 e. The van der Waals surface area contributed by atoms with Crippen LogP contribution in [0.25, 0.3) is 0 Å². The van der Waals surface area contributed by atoms with Gasteiger partial charge in [-0.15, -0.1) is 0 Å². The van der Waals surface area contributed by atoms with Crippen molar-refractivity contribution in [2.45, 2.75) is 71.1 Å². The van der Waals surface area contributed by atoms with Gasteiger partial charge >= 0.3 is 0 Å². The number of carbonyl (C=O) groups is 1. The van der Waals surface area contributed by atoms with Crippen molar-refractivity contribution >= 4 is 5.91 Å². The highest BCUT2D eigenvalue weighted by molar-refractivity contribution is 5.75. The summed E-state index contributed by atoms with van der Waals surface area (Å²) in [6.07, 6.45) is 12.2. The summed E-state index contributed by atoms with van der Waals surface area (Å²) >= 11 is 0. The van der Waals surface area contributed by atoms with E-state index in [2.05, 4.69) is 12.2 Å². The third kappa shape index (κ3) is 27.3. The summed E-state index contributed by atoms with van der Waals surface area (Å²) < 4.78 is 27.2. The van der Waals surface area contributed by atoms with E-state index in [4.69, 9.17) is 28.8 Å². The average molecular weight is 464 g/mol. The van der Waals surface area contributed by atoms with Crippen molar-refractivity contribution in [3.63, 3.8) is 0 Å². The van der Waals surface area contributed by atoms with Gasteiger partial charge in [0.25, 0.3) is 0 Å². The summed E-state index contributed by atoms with van der Waals surface area (Å²) in [5.74, 6) is -0.124. The topological polar surface area (TPSA) is 95.5 Å². The molecule has 0 bridgehead atoms. The van der Waals surface area contributed by atoms with Crippen LogP contribution in [0.5, 0.6) is 0 Å². The van der Waals surface area contributed by atoms with Crippen molar-refractivity contribution in [3.8, 4) is 0 Å². The minimum atomic E-state index is -0.124. The molecule has 32 heavy (non-hydrogen) atoms. The lowest BCUT2D eigenvalue weighted by Gasteiger charge is -2.08. The van der Waals surface area contributed by atoms with Crippen LogP contribution in [-0.4, -0.2) is 90.2 Å². The molecule has 0 aromatic heterocycles. The minimum Gasteiger partial charge on any atom is -0.395 e. The standard InChI is InChI=1S/C24H49NO7/c1-2-3-4-5-6-7-8-9-10-14-28-16-18-30-20-22-32-23-21-31-19-17-29-15-11-24(27)25-12-13-26/h26H,2-23H2,1H3,(H,25,27). The zero-order valence-corrected chi connectivity index (χ0v) is 20.5. The van der Waals surface area contributed by atoms with Crippen molar-refractivity contribution in [2.24, 2.45) is 0 Å². The number of carbonyl (C=O) groups excluding carboxylic acids is 1. The van der Waals surface area contributed by atoms with Crippen molar-refractivity contribution in [1.82, 2.24) is 5.32 Å². The predicted molar refractivity (Wildman–Crippen MR) is 126 cm³/mol. The number of hydrogen-bond acceptors (Lipinski definition) is 7. The second-order valence-corrected chi connectivity index (χ2v) is 7.71. The summed E-state index contributed by atoms with van der Waals surface area (Å²) in [6, 6.07) is 0. The molecule has 0 aromatic rings. The average Bonchev–Trinajstić information content (AvgIpc) is 2.80. The highest BCUT2D eigenvalue weighted by Crippen LogP contribution is 2.09. The molecule has 0 spiro atoms. The molecule has 0 rings (SSSR count). The van der Waals surface area contributed by atoms with Crippen LogP contribution in [0.1, 0.15) is 71.1 Å². The van der Waals surface area contributed by atoms with Gasteiger partial charge in [-0.25, -0.2) is 0 Å². The van der Waals surface area contributed by atoms with Crippen molar-refractivity contribution in [3.05, 3.63) is 0 Å². The van der Waals surface area contributed by atoms with E-state index in [1.165, 1.54) is 51.4 Å². The Labute approximate surface area is 195 Å². The molecule has 0 saturated carbocycles. The van der Waals surface area contributed by atoms with E-state index < -0.39 is 0 Å². The van der Waals surface area contributed by atoms with E-state index in [0.717, 1.165) is 13.0 Å². The maximum absolute atomic E-state index is 11.3. The van der Waals surface area contributed by atoms with Crippen LogP contribution in [-0.2, 0) is 28.5 Å². The van der Waals surface area contributed by atoms with Crippen molar-refractivity contribution in [1.29, 1.82) is 0 Å². The maximum atomic E-state index is 11.3. The van der Waals surface area contributed by atoms with Crippen molar-refractivity contribution < 1.29 is 33.6 Å². The van der Waals surface area contributed by atoms with Crippen molar-refractivity contribution in [2.75, 3.05) is 79.2 Å². The quantitative estimate of drug-likeness (QED) is 0.181. The number of nitrogens with one attached hydrogen (secondary N) is 1. The first-order valence-electron chi connectivity index (χ1n) is 12.6. The first-order valence-corrected chi connectivity index (χ1v) is 12.6. The van der Waals surface area contributed by atoms with Gasteiger partial charge in [-0.1, -0.05) is 58.3 Å². The number of amides is 1. The number of ether oxygens (including phenoxy) is 5. The smallest absolute Gasteiger partial charge is 0.222 e. The molecule has 0 radical (unpaired) electrons. The van der Waals surface area contributed by atoms with Gasteiger partial charge in [0, 0.05) is 19.6 Å². The van der Waals surface area contributed by atoms with E-state index >= 15 is 0 Å². The van der Waals surface area contributed by atoms with Gasteiger partial charge in [-0.05, 0) is 6.42 Å². The molecule has 0 unspecified atom stereocenters. The highest BCUT2D eigenvalue weighted by Gasteiger charge is 2.00. The zero-order chi connectivity index (χ0) is 23.4. The van der Waals surface area contributed by atoms with E-state index in [9.17, 15) is 4.79 Å². The molecule has 0 aliphatic rings. The number of aliphatic hydroxyl groups excluding tert-OH is 1. The van der Waals surface area contributed by atoms with Crippen LogP contribution >= 0.6 is 0 Å². The van der Waals surface area contributed by atoms with Crippen LogP contribution in [0, 0.1) is 0 Å². The second-order valence-electron chi connectivity index (χ2n) is 7.71. The van der Waals surface area contributed by atoms with Crippen LogP contribution in [0.15, 0.2) is 0 Å². The summed E-state index contributed by atoms with van der Waals surface area (Å²) in [6.45, 7) is 7.93. The minimum absolute atomic E-state index is 0.0531. The van der Waals surface area contributed by atoms with Gasteiger partial charge in [0.05, 0.1) is 66.1 Å². The Hall–Kier alpha value is -0.770. The second kappa shape index (κ2) is 28.3. The van der Waals surface area contributed by atoms with Crippen LogP contribution in [0.2, 0.25) is 0 Å². The molecule has 0 fully saturated rings. The molecule has 2 N–H and O–H groups in total. The lowest BCUT2D eigenvalue weighted by molar-refractivity contribution is -0.122. The van der Waals surface area contributed by atoms with E-state index in [0.29, 0.717) is 59.5 Å². The van der Waals surface area contributed by atoms with Gasteiger partial charge < -0.3 is 34.1 Å². The molecule has 8 heteroatoms. The molecular formula is C24H49NO7. The summed E-state index contributed by atoms with van der Waals surface area (Å²) in [5.41, 5.74) is 0. The Morgan fingerprint density at radius 2 is 1.00 bits per heavy atom. The first kappa shape index (κ1) is 31.2. The molecule has 1 amide bonds. The normalized spacial score (nSPS) is 11.2. The Balaban J connectivity index is 3.04. The Kier molecular flexibility index (Phi) is 27.6. The summed E-state index contributed by atoms with van der Waals surface area (Å²) in [7, 11) is 0. The Bertz CT molecular complexity index is 372. The molecule has 0 aliphatic heterocycles. The van der Waals surface area contributed by atoms with E-state index in [-0.39, 0.29) is 25.5 Å². The molecule has 0 saturated heterocycles. The molecule has 8 nitrogen and oxygen atoms in total. The van der Waals surface area contributed by atoms with Crippen LogP contribution in [0.3, 0.4) is 0 Å². The van der Waals surface area contributed by atoms with Gasteiger partial charge in [-0.3, -0.25) is 4.79 Å². The number of rotatable bonds is 27. The molecule has 0 atom stereocenters.